The topological polar surface area (TPSA) is 151 Å². The zero-order chi connectivity index (χ0) is 21.1. The van der Waals surface area contributed by atoms with Gasteiger partial charge >= 0.3 is 5.97 Å². The molecule has 3 rings (SSSR count). The number of nitrogens with zero attached hydrogens (tertiary/aromatic N) is 4. The van der Waals surface area contributed by atoms with E-state index in [-0.39, 0.29) is 35.0 Å². The number of nitrogens with one attached hydrogen (secondary N) is 1. The molecule has 0 bridgehead atoms. The maximum absolute atomic E-state index is 12.5. The molecule has 2 heterocycles. The standard InChI is InChI=1S/C18H22ClN7O3/c1-3-26-11-7-9(18(28)29-4-2)5-6-10(11)23-12(26)8-22-17(27)13-15(20)25-16(21)14(19)24-13/h7H,3-6,8H2,1-2H3,(H,22,27)(H4,20,21,25). The van der Waals surface area contributed by atoms with Gasteiger partial charge in [0.05, 0.1) is 24.5 Å². The van der Waals surface area contributed by atoms with Crippen molar-refractivity contribution in [1.82, 2.24) is 24.8 Å². The summed E-state index contributed by atoms with van der Waals surface area (Å²) < 4.78 is 7.04. The number of carbonyl (C=O) groups excluding carboxylic acids is 2. The van der Waals surface area contributed by atoms with E-state index >= 15 is 0 Å². The zero-order valence-corrected chi connectivity index (χ0v) is 16.9. The van der Waals surface area contributed by atoms with Crippen LogP contribution >= 0.6 is 11.6 Å². The van der Waals surface area contributed by atoms with Crippen molar-refractivity contribution in [3.63, 3.8) is 0 Å². The van der Waals surface area contributed by atoms with E-state index in [0.29, 0.717) is 37.4 Å². The van der Waals surface area contributed by atoms with Crippen LogP contribution in [0.4, 0.5) is 11.6 Å². The molecule has 1 aliphatic carbocycles. The Labute approximate surface area is 172 Å². The van der Waals surface area contributed by atoms with E-state index in [9.17, 15) is 9.59 Å². The first kappa shape index (κ1) is 20.6. The van der Waals surface area contributed by atoms with Crippen molar-refractivity contribution >= 4 is 41.2 Å². The van der Waals surface area contributed by atoms with Gasteiger partial charge in [0.15, 0.2) is 22.5 Å². The fourth-order valence-corrected chi connectivity index (χ4v) is 3.25. The van der Waals surface area contributed by atoms with Crippen molar-refractivity contribution in [1.29, 1.82) is 0 Å². The molecule has 29 heavy (non-hydrogen) atoms. The van der Waals surface area contributed by atoms with Crippen molar-refractivity contribution in [2.45, 2.75) is 39.8 Å². The van der Waals surface area contributed by atoms with Crippen molar-refractivity contribution in [3.8, 4) is 0 Å². The van der Waals surface area contributed by atoms with Crippen LogP contribution in [0.3, 0.4) is 0 Å². The molecule has 10 nitrogen and oxygen atoms in total. The molecular weight excluding hydrogens is 398 g/mol. The Bertz CT molecular complexity index is 1000. The van der Waals surface area contributed by atoms with Crippen LogP contribution in [0.2, 0.25) is 5.15 Å². The SMILES string of the molecule is CCOC(=O)C1=Cc2c(nc(CNC(=O)c3nc(Cl)c(N)nc3N)n2CC)CC1. The molecule has 11 heteroatoms. The Hall–Kier alpha value is -3.14. The number of fused-ring (bicyclic) bond motifs is 1. The highest BCUT2D eigenvalue weighted by atomic mass is 35.5. The maximum Gasteiger partial charge on any atom is 0.334 e. The number of imidazole rings is 1. The summed E-state index contributed by atoms with van der Waals surface area (Å²) in [7, 11) is 0. The van der Waals surface area contributed by atoms with Gasteiger partial charge in [-0.05, 0) is 32.8 Å². The van der Waals surface area contributed by atoms with E-state index in [1.165, 1.54) is 0 Å². The second-order valence-electron chi connectivity index (χ2n) is 6.31. The summed E-state index contributed by atoms with van der Waals surface area (Å²) in [6.45, 7) is 4.83. The summed E-state index contributed by atoms with van der Waals surface area (Å²) in [5.74, 6) is -0.349. The lowest BCUT2D eigenvalue weighted by molar-refractivity contribution is -0.138. The van der Waals surface area contributed by atoms with Crippen molar-refractivity contribution in [2.75, 3.05) is 18.1 Å². The van der Waals surface area contributed by atoms with E-state index < -0.39 is 5.91 Å². The van der Waals surface area contributed by atoms with Crippen LogP contribution in [0, 0.1) is 0 Å². The Balaban J connectivity index is 1.81. The quantitative estimate of drug-likeness (QED) is 0.593. The summed E-state index contributed by atoms with van der Waals surface area (Å²) in [4.78, 5) is 36.8. The molecule has 0 saturated carbocycles. The molecule has 2 aromatic heterocycles. The van der Waals surface area contributed by atoms with E-state index in [2.05, 4.69) is 20.3 Å². The van der Waals surface area contributed by atoms with Crippen LogP contribution in [0.5, 0.6) is 0 Å². The summed E-state index contributed by atoms with van der Waals surface area (Å²) in [5, 5.41) is 2.63. The van der Waals surface area contributed by atoms with Crippen LogP contribution in [0.25, 0.3) is 6.08 Å². The zero-order valence-electron chi connectivity index (χ0n) is 16.2. The number of ether oxygens (including phenoxy) is 1. The minimum atomic E-state index is -0.539. The number of aromatic nitrogens is 4. The largest absolute Gasteiger partial charge is 0.463 e. The van der Waals surface area contributed by atoms with Gasteiger partial charge in [-0.15, -0.1) is 0 Å². The Morgan fingerprint density at radius 1 is 1.21 bits per heavy atom. The van der Waals surface area contributed by atoms with Gasteiger partial charge in [-0.25, -0.2) is 19.7 Å². The summed E-state index contributed by atoms with van der Waals surface area (Å²) in [5.41, 5.74) is 13.5. The summed E-state index contributed by atoms with van der Waals surface area (Å²) in [6, 6.07) is 0. The number of esters is 1. The fourth-order valence-electron chi connectivity index (χ4n) is 3.13. The number of nitrogens with two attached hydrogens (primary N) is 2. The van der Waals surface area contributed by atoms with Crippen LogP contribution in [-0.4, -0.2) is 38.0 Å². The second-order valence-corrected chi connectivity index (χ2v) is 6.67. The van der Waals surface area contributed by atoms with Gasteiger partial charge in [-0.2, -0.15) is 0 Å². The molecule has 0 aliphatic heterocycles. The third-order valence-electron chi connectivity index (χ3n) is 4.48. The van der Waals surface area contributed by atoms with Gasteiger partial charge in [0.2, 0.25) is 0 Å². The second kappa shape index (κ2) is 8.48. The number of halogens is 1. The molecule has 5 N–H and O–H groups in total. The lowest BCUT2D eigenvalue weighted by Crippen LogP contribution is -2.27. The lowest BCUT2D eigenvalue weighted by atomic mass is 10.00. The van der Waals surface area contributed by atoms with E-state index in [1.807, 2.05) is 17.6 Å². The number of amides is 1. The van der Waals surface area contributed by atoms with Crippen LogP contribution < -0.4 is 16.8 Å². The highest BCUT2D eigenvalue weighted by molar-refractivity contribution is 6.31. The van der Waals surface area contributed by atoms with Gasteiger partial charge in [0, 0.05) is 12.1 Å². The molecule has 154 valence electrons. The number of carbonyl (C=O) groups is 2. The third-order valence-corrected chi connectivity index (χ3v) is 4.76. The van der Waals surface area contributed by atoms with Crippen LogP contribution in [-0.2, 0) is 29.0 Å². The lowest BCUT2D eigenvalue weighted by Gasteiger charge is -2.14. The number of hydrogen-bond donors (Lipinski definition) is 3. The fraction of sp³-hybridized carbons (Fsp3) is 0.389. The Morgan fingerprint density at radius 2 is 1.97 bits per heavy atom. The molecule has 0 atom stereocenters. The van der Waals surface area contributed by atoms with Crippen molar-refractivity contribution < 1.29 is 14.3 Å². The molecule has 0 aromatic carbocycles. The molecule has 1 aliphatic rings. The smallest absolute Gasteiger partial charge is 0.334 e. The van der Waals surface area contributed by atoms with E-state index in [4.69, 9.17) is 27.8 Å². The summed E-state index contributed by atoms with van der Waals surface area (Å²) >= 11 is 5.83. The minimum absolute atomic E-state index is 0.0425. The number of hydrogen-bond acceptors (Lipinski definition) is 8. The first-order valence-corrected chi connectivity index (χ1v) is 9.56. The Kier molecular flexibility index (Phi) is 6.02. The molecule has 2 aromatic rings. The van der Waals surface area contributed by atoms with Gasteiger partial charge in [0.25, 0.3) is 5.91 Å². The number of aryl methyl sites for hydroxylation is 1. The monoisotopic (exact) mass is 419 g/mol. The van der Waals surface area contributed by atoms with Gasteiger partial charge in [-0.3, -0.25) is 4.79 Å². The maximum atomic E-state index is 12.5. The minimum Gasteiger partial charge on any atom is -0.463 e. The molecule has 0 radical (unpaired) electrons. The first-order chi connectivity index (χ1) is 13.8. The average molecular weight is 420 g/mol. The Morgan fingerprint density at radius 3 is 2.66 bits per heavy atom. The van der Waals surface area contributed by atoms with Gasteiger partial charge in [-0.1, -0.05) is 11.6 Å². The van der Waals surface area contributed by atoms with Gasteiger partial charge < -0.3 is 26.1 Å². The molecule has 0 spiro atoms. The van der Waals surface area contributed by atoms with Crippen LogP contribution in [0.1, 0.15) is 48.0 Å². The predicted octanol–water partition coefficient (Wildman–Crippen LogP) is 1.33. The van der Waals surface area contributed by atoms with E-state index in [0.717, 1.165) is 11.4 Å². The molecule has 0 unspecified atom stereocenters. The predicted molar refractivity (Wildman–Crippen MR) is 108 cm³/mol. The number of nitrogen functional groups attached to an aromatic ring is 2. The van der Waals surface area contributed by atoms with Crippen LogP contribution in [0.15, 0.2) is 5.57 Å². The number of anilines is 2. The average Bonchev–Trinajstić information content (AvgIpc) is 3.05. The number of rotatable bonds is 6. The summed E-state index contributed by atoms with van der Waals surface area (Å²) in [6.07, 6.45) is 3.00. The normalized spacial score (nSPS) is 12.9. The van der Waals surface area contributed by atoms with E-state index in [1.54, 1.807) is 6.92 Å². The highest BCUT2D eigenvalue weighted by Crippen LogP contribution is 2.26. The first-order valence-electron chi connectivity index (χ1n) is 9.18. The molecular formula is C18H22ClN7O3. The molecule has 0 fully saturated rings. The highest BCUT2D eigenvalue weighted by Gasteiger charge is 2.24. The third kappa shape index (κ3) is 4.16. The molecule has 1 amide bonds. The van der Waals surface area contributed by atoms with Crippen molar-refractivity contribution in [2.24, 2.45) is 0 Å². The van der Waals surface area contributed by atoms with Gasteiger partial charge in [0.1, 0.15) is 5.82 Å². The molecule has 0 saturated heterocycles. The van der Waals surface area contributed by atoms with Crippen molar-refractivity contribution in [3.05, 3.63) is 33.6 Å².